The molecule has 12 atom stereocenters. The van der Waals surface area contributed by atoms with Crippen molar-refractivity contribution in [2.24, 2.45) is 45.8 Å². The van der Waals surface area contributed by atoms with E-state index in [-0.39, 0.29) is 36.2 Å². The number of esters is 1. The van der Waals surface area contributed by atoms with Crippen LogP contribution in [0.15, 0.2) is 23.8 Å². The van der Waals surface area contributed by atoms with E-state index in [2.05, 4.69) is 0 Å². The van der Waals surface area contributed by atoms with Crippen LogP contribution in [-0.2, 0) is 23.8 Å². The van der Waals surface area contributed by atoms with Gasteiger partial charge in [0, 0.05) is 28.1 Å². The van der Waals surface area contributed by atoms with Crippen LogP contribution in [0.5, 0.6) is 0 Å². The summed E-state index contributed by atoms with van der Waals surface area (Å²) < 4.78 is 63.6. The summed E-state index contributed by atoms with van der Waals surface area (Å²) in [6.07, 6.45) is 1.10. The van der Waals surface area contributed by atoms with Gasteiger partial charge in [-0.1, -0.05) is 33.8 Å². The molecule has 232 valence electrons. The summed E-state index contributed by atoms with van der Waals surface area (Å²) in [6, 6.07) is 0. The molecule has 10 heteroatoms. The first kappa shape index (κ1) is 29.7. The smallest absolute Gasteiger partial charge is 0.431 e. The van der Waals surface area contributed by atoms with Gasteiger partial charge in [-0.25, -0.2) is 22.8 Å². The first-order chi connectivity index (χ1) is 19.6. The number of carbonyl (C=O) groups is 3. The monoisotopic (exact) mass is 594 g/mol. The minimum absolute atomic E-state index is 0.0149. The van der Waals surface area contributed by atoms with Crippen LogP contribution in [0.3, 0.4) is 0 Å². The van der Waals surface area contributed by atoms with Gasteiger partial charge >= 0.3 is 12.1 Å². The predicted molar refractivity (Wildman–Crippen MR) is 144 cm³/mol. The van der Waals surface area contributed by atoms with Crippen LogP contribution >= 0.6 is 0 Å². The first-order valence-electron chi connectivity index (χ1n) is 15.2. The van der Waals surface area contributed by atoms with Gasteiger partial charge in [0.05, 0.1) is 6.10 Å². The molecule has 0 unspecified atom stereocenters. The fourth-order valence-electron chi connectivity index (χ4n) is 10.7. The Kier molecular flexibility index (Phi) is 6.59. The number of hydrogen-bond acceptors (Lipinski definition) is 7. The Balaban J connectivity index is 1.38. The lowest BCUT2D eigenvalue weighted by molar-refractivity contribution is -0.236. The summed E-state index contributed by atoms with van der Waals surface area (Å²) in [4.78, 5) is 39.4. The van der Waals surface area contributed by atoms with E-state index in [9.17, 15) is 23.9 Å². The van der Waals surface area contributed by atoms with Crippen molar-refractivity contribution in [2.45, 2.75) is 103 Å². The molecule has 6 aliphatic rings. The van der Waals surface area contributed by atoms with Gasteiger partial charge in [-0.05, 0) is 80.9 Å². The lowest BCUT2D eigenvalue weighted by atomic mass is 9.44. The van der Waals surface area contributed by atoms with E-state index in [4.69, 9.17) is 14.2 Å². The number of hydrogen-bond donors (Lipinski definition) is 1. The summed E-state index contributed by atoms with van der Waals surface area (Å²) in [5.41, 5.74) is -7.83. The first-order valence-corrected chi connectivity index (χ1v) is 15.2. The number of rotatable bonds is 4. The lowest BCUT2D eigenvalue weighted by Crippen LogP contribution is -2.71. The lowest BCUT2D eigenvalue weighted by Gasteiger charge is -2.62. The Morgan fingerprint density at radius 1 is 1.10 bits per heavy atom. The molecular weight excluding hydrogens is 553 g/mol. The molecule has 0 aliphatic heterocycles. The highest BCUT2D eigenvalue weighted by molar-refractivity contribution is 6.01. The van der Waals surface area contributed by atoms with Gasteiger partial charge in [-0.2, -0.15) is 0 Å². The van der Waals surface area contributed by atoms with E-state index < -0.39 is 83.0 Å². The zero-order valence-electron chi connectivity index (χ0n) is 24.8. The highest BCUT2D eigenvalue weighted by atomic mass is 19.1. The van der Waals surface area contributed by atoms with Gasteiger partial charge in [0.25, 0.3) is 0 Å². The van der Waals surface area contributed by atoms with E-state index in [0.717, 1.165) is 25.3 Å². The van der Waals surface area contributed by atoms with Crippen LogP contribution in [0, 0.1) is 45.8 Å². The van der Waals surface area contributed by atoms with Gasteiger partial charge < -0.3 is 19.3 Å². The molecule has 0 heterocycles. The molecule has 6 aliphatic carbocycles. The number of halogens is 3. The molecule has 0 saturated heterocycles. The second-order valence-corrected chi connectivity index (χ2v) is 14.8. The topological polar surface area (TPSA) is 99.1 Å². The number of allylic oxidation sites excluding steroid dienone is 4. The largest absolute Gasteiger partial charge is 0.509 e. The standard InChI is InChI=1S/C32H41F3O7/c1-16-10-20-21-13-23(34)22-12-19(36)8-9-29(22,4)31(21,35)24(37)14-30(20,5)32(16,26(38)40-15-33)42-27(39)41-25-17-6-7-18(11-17)28(25,2)3/h8-9,12,16-18,20-21,23-25,37H,6-7,10-11,13-15H2,1-5H3/t16-,17-,18+,20+,21+,23+,24+,25-,29+,30+,31+,32+/m1/s1. The molecule has 1 N–H and O–H groups in total. The molecule has 0 amide bonds. The minimum Gasteiger partial charge on any atom is -0.431 e. The third-order valence-electron chi connectivity index (χ3n) is 12.8. The van der Waals surface area contributed by atoms with Crippen molar-refractivity contribution in [3.05, 3.63) is 23.8 Å². The van der Waals surface area contributed by atoms with Gasteiger partial charge in [0.1, 0.15) is 12.3 Å². The molecular formula is C32H41F3O7. The van der Waals surface area contributed by atoms with Crippen molar-refractivity contribution in [1.29, 1.82) is 0 Å². The van der Waals surface area contributed by atoms with Crippen molar-refractivity contribution in [3.63, 3.8) is 0 Å². The van der Waals surface area contributed by atoms with E-state index >= 15 is 8.78 Å². The quantitative estimate of drug-likeness (QED) is 0.415. The number of ketones is 1. The molecule has 0 aromatic carbocycles. The second kappa shape index (κ2) is 9.32. The molecule has 0 radical (unpaired) electrons. The highest BCUT2D eigenvalue weighted by Crippen LogP contribution is 2.72. The maximum atomic E-state index is 17.5. The number of aliphatic hydroxyl groups excluding tert-OH is 1. The Bertz CT molecular complexity index is 1260. The third-order valence-corrected chi connectivity index (χ3v) is 12.8. The second-order valence-electron chi connectivity index (χ2n) is 14.8. The predicted octanol–water partition coefficient (Wildman–Crippen LogP) is 5.74. The van der Waals surface area contributed by atoms with Gasteiger partial charge in [-0.3, -0.25) is 4.79 Å². The molecule has 7 nitrogen and oxygen atoms in total. The zero-order valence-corrected chi connectivity index (χ0v) is 24.8. The maximum absolute atomic E-state index is 17.5. The summed E-state index contributed by atoms with van der Waals surface area (Å²) >= 11 is 0. The van der Waals surface area contributed by atoms with Crippen LogP contribution in [0.25, 0.3) is 0 Å². The molecule has 42 heavy (non-hydrogen) atoms. The summed E-state index contributed by atoms with van der Waals surface area (Å²) in [7, 11) is 0. The summed E-state index contributed by atoms with van der Waals surface area (Å²) in [6.45, 7) is 7.36. The summed E-state index contributed by atoms with van der Waals surface area (Å²) in [5, 5.41) is 11.6. The Morgan fingerprint density at radius 3 is 2.45 bits per heavy atom. The average Bonchev–Trinajstić information content (AvgIpc) is 3.55. The molecule has 0 aromatic rings. The van der Waals surface area contributed by atoms with E-state index in [0.29, 0.717) is 5.92 Å². The SMILES string of the molecule is C[C@@H]1C[C@H]2[C@@H]3C[C@H](F)C4=CC(=O)C=C[C@]4(C)[C@@]3(F)[C@@H](O)C[C@]2(C)[C@@]1(OC(=O)O[C@@H]1[C@@H]2CC[C@@H](C2)C1(C)C)C(=O)OCF. The Hall–Kier alpha value is -2.36. The maximum Gasteiger partial charge on any atom is 0.509 e. The normalized spacial score (nSPS) is 49.9. The van der Waals surface area contributed by atoms with Crippen LogP contribution in [0.4, 0.5) is 18.0 Å². The number of fused-ring (bicyclic) bond motifs is 7. The third kappa shape index (κ3) is 3.53. The van der Waals surface area contributed by atoms with Crippen LogP contribution in [-0.4, -0.2) is 59.5 Å². The van der Waals surface area contributed by atoms with Crippen molar-refractivity contribution >= 4 is 17.9 Å². The van der Waals surface area contributed by atoms with Crippen LogP contribution < -0.4 is 0 Å². The van der Waals surface area contributed by atoms with Crippen molar-refractivity contribution in [2.75, 3.05) is 6.86 Å². The minimum atomic E-state index is -2.38. The van der Waals surface area contributed by atoms with Gasteiger partial charge in [-0.15, -0.1) is 0 Å². The molecule has 6 rings (SSSR count). The zero-order chi connectivity index (χ0) is 30.6. The fraction of sp³-hybridized carbons (Fsp3) is 0.781. The highest BCUT2D eigenvalue weighted by Gasteiger charge is 2.79. The Labute approximate surface area is 244 Å². The van der Waals surface area contributed by atoms with E-state index in [1.54, 1.807) is 13.8 Å². The van der Waals surface area contributed by atoms with Gasteiger partial charge in [0.15, 0.2) is 11.5 Å². The number of ether oxygens (including phenoxy) is 3. The average molecular weight is 595 g/mol. The fourth-order valence-corrected chi connectivity index (χ4v) is 10.7. The van der Waals surface area contributed by atoms with E-state index in [1.807, 2.05) is 13.8 Å². The number of alkyl halides is 3. The van der Waals surface area contributed by atoms with Crippen LogP contribution in [0.1, 0.15) is 73.1 Å². The number of carbonyl (C=O) groups excluding carboxylic acids is 3. The molecule has 2 bridgehead atoms. The molecule has 5 fully saturated rings. The summed E-state index contributed by atoms with van der Waals surface area (Å²) in [5.74, 6) is -3.65. The van der Waals surface area contributed by atoms with E-state index in [1.165, 1.54) is 19.1 Å². The Morgan fingerprint density at radius 2 is 1.81 bits per heavy atom. The van der Waals surface area contributed by atoms with Gasteiger partial charge in [0.2, 0.25) is 12.5 Å². The number of aliphatic hydroxyl groups is 1. The van der Waals surface area contributed by atoms with Crippen molar-refractivity contribution in [3.8, 4) is 0 Å². The van der Waals surface area contributed by atoms with Crippen LogP contribution in [0.2, 0.25) is 0 Å². The van der Waals surface area contributed by atoms with Crippen molar-refractivity contribution in [1.82, 2.24) is 0 Å². The molecule has 5 saturated carbocycles. The molecule has 0 spiro atoms. The van der Waals surface area contributed by atoms with Crippen molar-refractivity contribution < 1.29 is 46.9 Å². The molecule has 0 aromatic heterocycles.